The zero-order chi connectivity index (χ0) is 11.1. The topological polar surface area (TPSA) is 65.2 Å². The third-order valence-electron chi connectivity index (χ3n) is 2.25. The zero-order valence-electron chi connectivity index (χ0n) is 8.11. The smallest absolute Gasteiger partial charge is 0.204 e. The van der Waals surface area contributed by atoms with Crippen molar-refractivity contribution in [2.75, 3.05) is 5.73 Å². The van der Waals surface area contributed by atoms with Crippen LogP contribution in [0, 0.1) is 5.82 Å². The van der Waals surface area contributed by atoms with Gasteiger partial charge in [0.25, 0.3) is 0 Å². The fraction of sp³-hybridized carbons (Fsp3) is 0. The van der Waals surface area contributed by atoms with E-state index >= 15 is 0 Å². The largest absolute Gasteiger partial charge is 0.453 e. The molecule has 2 N–H and O–H groups in total. The predicted molar refractivity (Wildman–Crippen MR) is 56.1 cm³/mol. The van der Waals surface area contributed by atoms with Crippen LogP contribution in [0.3, 0.4) is 0 Å². The van der Waals surface area contributed by atoms with Gasteiger partial charge in [0, 0.05) is 17.5 Å². The molecule has 2 aromatic heterocycles. The van der Waals surface area contributed by atoms with Gasteiger partial charge in [-0.1, -0.05) is 5.16 Å². The lowest BCUT2D eigenvalue weighted by atomic mass is 10.2. The average Bonchev–Trinajstić information content (AvgIpc) is 2.83. The van der Waals surface area contributed by atoms with Crippen LogP contribution >= 0.6 is 0 Å². The minimum absolute atomic E-state index is 0.279. The number of nitrogens with zero attached hydrogens (tertiary/aromatic N) is 1. The third kappa shape index (κ3) is 1.33. The molecule has 2 heterocycles. The Labute approximate surface area is 89.4 Å². The summed E-state index contributed by atoms with van der Waals surface area (Å²) in [5.41, 5.74) is 5.89. The molecule has 0 saturated carbocycles. The van der Waals surface area contributed by atoms with Gasteiger partial charge in [0.05, 0.1) is 0 Å². The Morgan fingerprint density at radius 2 is 2.00 bits per heavy atom. The third-order valence-corrected chi connectivity index (χ3v) is 2.25. The summed E-state index contributed by atoms with van der Waals surface area (Å²) in [6.07, 6.45) is 0. The summed E-state index contributed by atoms with van der Waals surface area (Å²) >= 11 is 0. The van der Waals surface area contributed by atoms with Gasteiger partial charge >= 0.3 is 0 Å². The summed E-state index contributed by atoms with van der Waals surface area (Å²) in [5, 5.41) is 4.35. The van der Waals surface area contributed by atoms with Gasteiger partial charge in [-0.3, -0.25) is 0 Å². The van der Waals surface area contributed by atoms with Crippen molar-refractivity contribution in [2.24, 2.45) is 0 Å². The maximum Gasteiger partial charge on any atom is 0.204 e. The second-order valence-electron chi connectivity index (χ2n) is 3.41. The maximum absolute atomic E-state index is 12.9. The van der Waals surface area contributed by atoms with Crippen molar-refractivity contribution in [1.29, 1.82) is 0 Å². The standard InChI is InChI=1S/C11H7FN2O2/c12-7-2-1-6-3-9(15-8(6)4-7)10-5-11(13)14-16-10/h1-5H,(H2,13,14). The summed E-state index contributed by atoms with van der Waals surface area (Å²) in [6.45, 7) is 0. The average molecular weight is 218 g/mol. The monoisotopic (exact) mass is 218 g/mol. The molecule has 0 fully saturated rings. The van der Waals surface area contributed by atoms with E-state index in [1.807, 2.05) is 0 Å². The minimum Gasteiger partial charge on any atom is -0.453 e. The van der Waals surface area contributed by atoms with Gasteiger partial charge in [0.2, 0.25) is 5.76 Å². The van der Waals surface area contributed by atoms with Crippen molar-refractivity contribution in [2.45, 2.75) is 0 Å². The molecule has 5 heteroatoms. The molecule has 0 amide bonds. The highest BCUT2D eigenvalue weighted by atomic mass is 19.1. The number of halogens is 1. The molecule has 3 aromatic rings. The normalized spacial score (nSPS) is 11.1. The number of rotatable bonds is 1. The van der Waals surface area contributed by atoms with Gasteiger partial charge < -0.3 is 14.7 Å². The molecule has 3 rings (SSSR count). The van der Waals surface area contributed by atoms with Gasteiger partial charge in [-0.25, -0.2) is 4.39 Å². The van der Waals surface area contributed by atoms with E-state index in [4.69, 9.17) is 14.7 Å². The van der Waals surface area contributed by atoms with E-state index in [2.05, 4.69) is 5.16 Å². The minimum atomic E-state index is -0.342. The van der Waals surface area contributed by atoms with Crippen molar-refractivity contribution in [3.8, 4) is 11.5 Å². The van der Waals surface area contributed by atoms with Crippen LogP contribution in [-0.4, -0.2) is 5.16 Å². The number of hydrogen-bond donors (Lipinski definition) is 1. The van der Waals surface area contributed by atoms with Crippen LogP contribution in [0.15, 0.2) is 39.3 Å². The molecule has 0 atom stereocenters. The second kappa shape index (κ2) is 3.10. The van der Waals surface area contributed by atoms with Gasteiger partial charge in [0.15, 0.2) is 11.6 Å². The molecular formula is C11H7FN2O2. The van der Waals surface area contributed by atoms with E-state index in [-0.39, 0.29) is 11.6 Å². The number of hydrogen-bond acceptors (Lipinski definition) is 4. The van der Waals surface area contributed by atoms with Gasteiger partial charge in [-0.05, 0) is 18.2 Å². The SMILES string of the molecule is Nc1cc(-c2cc3ccc(F)cc3o2)on1. The lowest BCUT2D eigenvalue weighted by molar-refractivity contribution is 0.424. The molecule has 0 spiro atoms. The molecule has 4 nitrogen and oxygen atoms in total. The van der Waals surface area contributed by atoms with E-state index in [9.17, 15) is 4.39 Å². The summed E-state index contributed by atoms with van der Waals surface area (Å²) in [4.78, 5) is 0. The molecule has 0 saturated heterocycles. The first-order valence-corrected chi connectivity index (χ1v) is 4.64. The molecular weight excluding hydrogens is 211 g/mol. The Kier molecular flexibility index (Phi) is 1.73. The van der Waals surface area contributed by atoms with Gasteiger partial charge in [0.1, 0.15) is 11.4 Å². The van der Waals surface area contributed by atoms with Crippen LogP contribution < -0.4 is 5.73 Å². The van der Waals surface area contributed by atoms with Gasteiger partial charge in [-0.15, -0.1) is 0 Å². The van der Waals surface area contributed by atoms with E-state index in [0.717, 1.165) is 5.39 Å². The summed E-state index contributed by atoms with van der Waals surface area (Å²) in [5.74, 6) is 0.839. The Morgan fingerprint density at radius 3 is 2.75 bits per heavy atom. The molecule has 16 heavy (non-hydrogen) atoms. The second-order valence-corrected chi connectivity index (χ2v) is 3.41. The van der Waals surface area contributed by atoms with Crippen LogP contribution in [0.2, 0.25) is 0 Å². The van der Waals surface area contributed by atoms with Crippen molar-refractivity contribution in [3.63, 3.8) is 0 Å². The Morgan fingerprint density at radius 1 is 1.12 bits per heavy atom. The lowest BCUT2D eigenvalue weighted by Crippen LogP contribution is -1.79. The molecule has 80 valence electrons. The van der Waals surface area contributed by atoms with Crippen molar-refractivity contribution in [3.05, 3.63) is 36.1 Å². The highest BCUT2D eigenvalue weighted by Crippen LogP contribution is 2.28. The van der Waals surface area contributed by atoms with Crippen molar-refractivity contribution in [1.82, 2.24) is 5.16 Å². The highest BCUT2D eigenvalue weighted by Gasteiger charge is 2.11. The highest BCUT2D eigenvalue weighted by molar-refractivity contribution is 5.82. The van der Waals surface area contributed by atoms with Crippen molar-refractivity contribution < 1.29 is 13.3 Å². The van der Waals surface area contributed by atoms with Crippen LogP contribution in [0.4, 0.5) is 10.2 Å². The fourth-order valence-electron chi connectivity index (χ4n) is 1.53. The predicted octanol–water partition coefficient (Wildman–Crippen LogP) is 2.81. The number of aromatic nitrogens is 1. The number of nitrogen functional groups attached to an aromatic ring is 1. The first-order chi connectivity index (χ1) is 7.72. The molecule has 0 aliphatic rings. The van der Waals surface area contributed by atoms with E-state index in [1.165, 1.54) is 12.1 Å². The Bertz CT molecular complexity index is 657. The van der Waals surface area contributed by atoms with E-state index < -0.39 is 0 Å². The van der Waals surface area contributed by atoms with Crippen molar-refractivity contribution >= 4 is 16.8 Å². The zero-order valence-corrected chi connectivity index (χ0v) is 8.11. The quantitative estimate of drug-likeness (QED) is 0.682. The van der Waals surface area contributed by atoms with Gasteiger partial charge in [-0.2, -0.15) is 0 Å². The van der Waals surface area contributed by atoms with Crippen LogP contribution in [-0.2, 0) is 0 Å². The molecule has 1 aromatic carbocycles. The van der Waals surface area contributed by atoms with E-state index in [1.54, 1.807) is 18.2 Å². The summed E-state index contributed by atoms with van der Waals surface area (Å²) < 4.78 is 23.3. The Balaban J connectivity index is 2.18. The number of fused-ring (bicyclic) bond motifs is 1. The molecule has 0 radical (unpaired) electrons. The molecule has 0 aliphatic carbocycles. The number of anilines is 1. The Hall–Kier alpha value is -2.30. The summed E-state index contributed by atoms with van der Waals surface area (Å²) in [6, 6.07) is 7.62. The number of benzene rings is 1. The molecule has 0 bridgehead atoms. The van der Waals surface area contributed by atoms with Crippen LogP contribution in [0.5, 0.6) is 0 Å². The molecule has 0 unspecified atom stereocenters. The number of nitrogens with two attached hydrogens (primary N) is 1. The summed E-state index contributed by atoms with van der Waals surface area (Å²) in [7, 11) is 0. The number of furan rings is 1. The van der Waals surface area contributed by atoms with E-state index in [0.29, 0.717) is 17.1 Å². The van der Waals surface area contributed by atoms with Crippen LogP contribution in [0.1, 0.15) is 0 Å². The molecule has 0 aliphatic heterocycles. The first kappa shape index (κ1) is 8.96. The first-order valence-electron chi connectivity index (χ1n) is 4.64. The fourth-order valence-corrected chi connectivity index (χ4v) is 1.53. The lowest BCUT2D eigenvalue weighted by Gasteiger charge is -1.87. The van der Waals surface area contributed by atoms with Crippen LogP contribution in [0.25, 0.3) is 22.5 Å². The maximum atomic E-state index is 12.9.